The first-order valence-electron chi connectivity index (χ1n) is 9.00. The van der Waals surface area contributed by atoms with Crippen molar-refractivity contribution in [1.82, 2.24) is 9.03 Å². The lowest BCUT2D eigenvalue weighted by atomic mass is 9.76. The summed E-state index contributed by atoms with van der Waals surface area (Å²) in [6, 6.07) is 9.73. The highest BCUT2D eigenvalue weighted by molar-refractivity contribution is 7.87. The normalized spacial score (nSPS) is 27.0. The van der Waals surface area contributed by atoms with Gasteiger partial charge in [-0.2, -0.15) is 17.4 Å². The summed E-state index contributed by atoms with van der Waals surface area (Å²) in [4.78, 5) is 0. The van der Waals surface area contributed by atoms with Gasteiger partial charge in [0.25, 0.3) is 10.2 Å². The van der Waals surface area contributed by atoms with Gasteiger partial charge in [0.05, 0.1) is 12.2 Å². The van der Waals surface area contributed by atoms with Crippen LogP contribution in [0.5, 0.6) is 0 Å². The Balaban J connectivity index is 1.66. The SMILES string of the molecule is COC1CCN(S(=O)(=O)N[C@@H](Cc2ccccc2)C2CC(O)C2)CC1. The summed E-state index contributed by atoms with van der Waals surface area (Å²) in [6.07, 6.45) is 3.26. The second-order valence-corrected chi connectivity index (χ2v) is 8.84. The molecule has 0 radical (unpaired) electrons. The number of nitrogens with one attached hydrogen (secondary N) is 1. The zero-order valence-electron chi connectivity index (χ0n) is 14.7. The first-order chi connectivity index (χ1) is 12.0. The van der Waals surface area contributed by atoms with E-state index in [1.54, 1.807) is 7.11 Å². The predicted octanol–water partition coefficient (Wildman–Crippen LogP) is 1.31. The average molecular weight is 368 g/mol. The number of nitrogens with zero attached hydrogens (tertiary/aromatic N) is 1. The van der Waals surface area contributed by atoms with E-state index in [2.05, 4.69) is 4.72 Å². The Labute approximate surface area is 150 Å². The third-order valence-corrected chi connectivity index (χ3v) is 7.04. The van der Waals surface area contributed by atoms with Crippen molar-refractivity contribution in [2.75, 3.05) is 20.2 Å². The fraction of sp³-hybridized carbons (Fsp3) is 0.667. The number of hydrogen-bond donors (Lipinski definition) is 2. The third kappa shape index (κ3) is 4.80. The van der Waals surface area contributed by atoms with E-state index in [1.807, 2.05) is 30.3 Å². The monoisotopic (exact) mass is 368 g/mol. The predicted molar refractivity (Wildman–Crippen MR) is 96.3 cm³/mol. The maximum Gasteiger partial charge on any atom is 0.279 e. The lowest BCUT2D eigenvalue weighted by molar-refractivity contribution is 0.0276. The van der Waals surface area contributed by atoms with Crippen LogP contribution in [0.2, 0.25) is 0 Å². The molecule has 0 amide bonds. The zero-order chi connectivity index (χ0) is 17.9. The molecule has 1 heterocycles. The Bertz CT molecular complexity index is 638. The highest BCUT2D eigenvalue weighted by Crippen LogP contribution is 2.32. The van der Waals surface area contributed by atoms with E-state index in [0.717, 1.165) is 18.4 Å². The fourth-order valence-electron chi connectivity index (χ4n) is 3.71. The van der Waals surface area contributed by atoms with Gasteiger partial charge in [0.15, 0.2) is 0 Å². The van der Waals surface area contributed by atoms with Gasteiger partial charge in [-0.05, 0) is 43.6 Å². The number of ether oxygens (including phenoxy) is 1. The Kier molecular flexibility index (Phi) is 6.12. The molecule has 2 fully saturated rings. The van der Waals surface area contributed by atoms with Crippen molar-refractivity contribution < 1.29 is 18.3 Å². The maximum atomic E-state index is 12.8. The molecule has 140 valence electrons. The number of rotatable bonds is 7. The number of benzene rings is 1. The molecule has 1 saturated heterocycles. The van der Waals surface area contributed by atoms with Crippen molar-refractivity contribution >= 4 is 10.2 Å². The molecule has 7 heteroatoms. The van der Waals surface area contributed by atoms with E-state index < -0.39 is 10.2 Å². The molecule has 2 N–H and O–H groups in total. The molecule has 25 heavy (non-hydrogen) atoms. The van der Waals surface area contributed by atoms with Crippen LogP contribution in [0.3, 0.4) is 0 Å². The molecule has 0 unspecified atom stereocenters. The number of hydrogen-bond acceptors (Lipinski definition) is 4. The molecule has 0 bridgehead atoms. The minimum atomic E-state index is -3.53. The highest BCUT2D eigenvalue weighted by atomic mass is 32.2. The van der Waals surface area contributed by atoms with Gasteiger partial charge in [-0.25, -0.2) is 0 Å². The van der Waals surface area contributed by atoms with Crippen molar-refractivity contribution in [3.63, 3.8) is 0 Å². The van der Waals surface area contributed by atoms with E-state index in [0.29, 0.717) is 32.4 Å². The van der Waals surface area contributed by atoms with Crippen LogP contribution in [-0.4, -0.2) is 56.3 Å². The molecule has 0 aromatic heterocycles. The van der Waals surface area contributed by atoms with E-state index in [1.165, 1.54) is 4.31 Å². The summed E-state index contributed by atoms with van der Waals surface area (Å²) in [5.74, 6) is 0.182. The van der Waals surface area contributed by atoms with Crippen LogP contribution in [0.25, 0.3) is 0 Å². The van der Waals surface area contributed by atoms with Crippen LogP contribution in [0, 0.1) is 5.92 Å². The zero-order valence-corrected chi connectivity index (χ0v) is 15.5. The van der Waals surface area contributed by atoms with Gasteiger partial charge < -0.3 is 9.84 Å². The summed E-state index contributed by atoms with van der Waals surface area (Å²) >= 11 is 0. The lowest BCUT2D eigenvalue weighted by Gasteiger charge is -2.39. The number of methoxy groups -OCH3 is 1. The molecule has 2 aliphatic rings. The van der Waals surface area contributed by atoms with E-state index in [4.69, 9.17) is 4.74 Å². The number of aliphatic hydroxyl groups is 1. The minimum absolute atomic E-state index is 0.147. The standard InChI is InChI=1S/C18H28N2O4S/c1-24-17-7-9-20(10-8-17)25(22,23)19-18(15-12-16(21)13-15)11-14-5-3-2-4-6-14/h2-6,15-19,21H,7-13H2,1H3/t15?,16?,18-/m0/s1. The topological polar surface area (TPSA) is 78.9 Å². The molecule has 1 aromatic carbocycles. The van der Waals surface area contributed by atoms with Crippen LogP contribution in [0.1, 0.15) is 31.2 Å². The van der Waals surface area contributed by atoms with Crippen LogP contribution in [0.4, 0.5) is 0 Å². The Hall–Kier alpha value is -0.990. The number of aliphatic hydroxyl groups excluding tert-OH is 1. The minimum Gasteiger partial charge on any atom is -0.393 e. The molecular weight excluding hydrogens is 340 g/mol. The molecule has 0 spiro atoms. The maximum absolute atomic E-state index is 12.8. The molecule has 1 atom stereocenters. The van der Waals surface area contributed by atoms with Gasteiger partial charge in [0, 0.05) is 26.2 Å². The molecule has 1 aromatic rings. The smallest absolute Gasteiger partial charge is 0.279 e. The van der Waals surface area contributed by atoms with Crippen molar-refractivity contribution in [2.24, 2.45) is 5.92 Å². The Morgan fingerprint density at radius 3 is 2.44 bits per heavy atom. The first-order valence-corrected chi connectivity index (χ1v) is 10.4. The van der Waals surface area contributed by atoms with Crippen molar-refractivity contribution in [1.29, 1.82) is 0 Å². The second kappa shape index (κ2) is 8.14. The van der Waals surface area contributed by atoms with Crippen molar-refractivity contribution in [2.45, 2.75) is 50.4 Å². The van der Waals surface area contributed by atoms with Gasteiger partial charge in [-0.1, -0.05) is 30.3 Å². The Morgan fingerprint density at radius 1 is 1.24 bits per heavy atom. The number of piperidine rings is 1. The van der Waals surface area contributed by atoms with Crippen LogP contribution in [0.15, 0.2) is 30.3 Å². The average Bonchev–Trinajstić information content (AvgIpc) is 2.59. The summed E-state index contributed by atoms with van der Waals surface area (Å²) in [5.41, 5.74) is 1.11. The molecule has 1 saturated carbocycles. The van der Waals surface area contributed by atoms with Gasteiger partial charge in [0.1, 0.15) is 0 Å². The fourth-order valence-corrected chi connectivity index (χ4v) is 5.20. The third-order valence-electron chi connectivity index (χ3n) is 5.39. The molecule has 1 aliphatic heterocycles. The first kappa shape index (κ1) is 18.8. The van der Waals surface area contributed by atoms with Gasteiger partial charge in [-0.3, -0.25) is 0 Å². The van der Waals surface area contributed by atoms with Gasteiger partial charge in [0.2, 0.25) is 0 Å². The van der Waals surface area contributed by atoms with E-state index in [9.17, 15) is 13.5 Å². The quantitative estimate of drug-likeness (QED) is 0.761. The molecular formula is C18H28N2O4S. The summed E-state index contributed by atoms with van der Waals surface area (Å²) in [7, 11) is -1.86. The summed E-state index contributed by atoms with van der Waals surface area (Å²) in [6.45, 7) is 0.971. The summed E-state index contributed by atoms with van der Waals surface area (Å²) < 4.78 is 35.4. The summed E-state index contributed by atoms with van der Waals surface area (Å²) in [5, 5.41) is 9.64. The van der Waals surface area contributed by atoms with E-state index >= 15 is 0 Å². The molecule has 1 aliphatic carbocycles. The van der Waals surface area contributed by atoms with Crippen LogP contribution < -0.4 is 4.72 Å². The highest BCUT2D eigenvalue weighted by Gasteiger charge is 2.38. The largest absolute Gasteiger partial charge is 0.393 e. The van der Waals surface area contributed by atoms with Crippen LogP contribution in [-0.2, 0) is 21.4 Å². The van der Waals surface area contributed by atoms with Gasteiger partial charge in [-0.15, -0.1) is 0 Å². The molecule has 3 rings (SSSR count). The van der Waals surface area contributed by atoms with Crippen molar-refractivity contribution in [3.05, 3.63) is 35.9 Å². The lowest BCUT2D eigenvalue weighted by Crippen LogP contribution is -2.54. The van der Waals surface area contributed by atoms with E-state index in [-0.39, 0.29) is 24.2 Å². The van der Waals surface area contributed by atoms with Crippen molar-refractivity contribution in [3.8, 4) is 0 Å². The second-order valence-electron chi connectivity index (χ2n) is 7.14. The molecule has 6 nitrogen and oxygen atoms in total. The van der Waals surface area contributed by atoms with Crippen LogP contribution >= 0.6 is 0 Å². The Morgan fingerprint density at radius 2 is 1.88 bits per heavy atom. The van der Waals surface area contributed by atoms with Gasteiger partial charge >= 0.3 is 0 Å².